The highest BCUT2D eigenvalue weighted by molar-refractivity contribution is 6.03. The second kappa shape index (κ2) is 8.30. The lowest BCUT2D eigenvalue weighted by Gasteiger charge is -2.10. The molecule has 4 nitrogen and oxygen atoms in total. The molecule has 0 atom stereocenters. The molecule has 0 aliphatic rings. The van der Waals surface area contributed by atoms with Gasteiger partial charge in [0.05, 0.1) is 17.9 Å². The maximum Gasteiger partial charge on any atom is 0.275 e. The predicted molar refractivity (Wildman–Crippen MR) is 106 cm³/mol. The highest BCUT2D eigenvalue weighted by atomic mass is 16.5. The Morgan fingerprint density at radius 1 is 1.00 bits per heavy atom. The SMILES string of the molecule is CCCOc1ccccc1C(=O)N/N=C(\C)c1ccc2ccccc2c1. The van der Waals surface area contributed by atoms with Crippen LogP contribution in [-0.2, 0) is 0 Å². The van der Waals surface area contributed by atoms with Crippen molar-refractivity contribution >= 4 is 22.4 Å². The molecule has 0 saturated heterocycles. The number of hydrogen-bond acceptors (Lipinski definition) is 3. The maximum atomic E-state index is 12.5. The van der Waals surface area contributed by atoms with Crippen molar-refractivity contribution in [2.45, 2.75) is 20.3 Å². The first-order valence-electron chi connectivity index (χ1n) is 8.74. The van der Waals surface area contributed by atoms with Gasteiger partial charge in [-0.2, -0.15) is 5.10 Å². The molecule has 26 heavy (non-hydrogen) atoms. The summed E-state index contributed by atoms with van der Waals surface area (Å²) in [6, 6.07) is 21.5. The average Bonchev–Trinajstić information content (AvgIpc) is 2.70. The van der Waals surface area contributed by atoms with E-state index in [2.05, 4.69) is 34.8 Å². The first kappa shape index (κ1) is 17.7. The van der Waals surface area contributed by atoms with Crippen LogP contribution >= 0.6 is 0 Å². The molecule has 0 aliphatic heterocycles. The van der Waals surface area contributed by atoms with Crippen LogP contribution in [0.4, 0.5) is 0 Å². The molecule has 3 aromatic carbocycles. The highest BCUT2D eigenvalue weighted by Crippen LogP contribution is 2.18. The van der Waals surface area contributed by atoms with Crippen molar-refractivity contribution in [3.63, 3.8) is 0 Å². The van der Waals surface area contributed by atoms with Crippen LogP contribution in [0.5, 0.6) is 5.75 Å². The summed E-state index contributed by atoms with van der Waals surface area (Å²) in [6.45, 7) is 4.48. The third-order valence-electron chi connectivity index (χ3n) is 4.09. The van der Waals surface area contributed by atoms with Crippen LogP contribution in [0, 0.1) is 0 Å². The van der Waals surface area contributed by atoms with E-state index in [9.17, 15) is 4.79 Å². The van der Waals surface area contributed by atoms with E-state index in [1.54, 1.807) is 12.1 Å². The van der Waals surface area contributed by atoms with E-state index in [1.165, 1.54) is 5.39 Å². The molecule has 0 fully saturated rings. The zero-order valence-electron chi connectivity index (χ0n) is 15.0. The Labute approximate surface area is 153 Å². The Hall–Kier alpha value is -3.14. The van der Waals surface area contributed by atoms with Crippen LogP contribution in [0.1, 0.15) is 36.2 Å². The molecular weight excluding hydrogens is 324 g/mol. The standard InChI is InChI=1S/C22H22N2O2/c1-3-14-26-21-11-7-6-10-20(21)22(25)24-23-16(2)18-13-12-17-8-4-5-9-19(17)15-18/h4-13,15H,3,14H2,1-2H3,(H,24,25)/b23-16+. The molecule has 0 radical (unpaired) electrons. The highest BCUT2D eigenvalue weighted by Gasteiger charge is 2.11. The molecule has 4 heteroatoms. The summed E-state index contributed by atoms with van der Waals surface area (Å²) in [5, 5.41) is 6.58. The second-order valence-corrected chi connectivity index (χ2v) is 6.04. The fourth-order valence-corrected chi connectivity index (χ4v) is 2.67. The monoisotopic (exact) mass is 346 g/mol. The van der Waals surface area contributed by atoms with Crippen molar-refractivity contribution in [1.82, 2.24) is 5.43 Å². The third kappa shape index (κ3) is 4.09. The summed E-state index contributed by atoms with van der Waals surface area (Å²) in [4.78, 5) is 12.5. The van der Waals surface area contributed by atoms with Crippen LogP contribution in [0.2, 0.25) is 0 Å². The third-order valence-corrected chi connectivity index (χ3v) is 4.09. The Morgan fingerprint density at radius 2 is 1.73 bits per heavy atom. The van der Waals surface area contributed by atoms with E-state index in [0.717, 1.165) is 23.1 Å². The maximum absolute atomic E-state index is 12.5. The quantitative estimate of drug-likeness (QED) is 0.516. The second-order valence-electron chi connectivity index (χ2n) is 6.04. The minimum absolute atomic E-state index is 0.281. The number of nitrogens with one attached hydrogen (secondary N) is 1. The predicted octanol–water partition coefficient (Wildman–Crippen LogP) is 4.78. The molecule has 132 valence electrons. The Bertz CT molecular complexity index is 948. The van der Waals surface area contributed by atoms with Crippen molar-refractivity contribution in [2.24, 2.45) is 5.10 Å². The minimum Gasteiger partial charge on any atom is -0.493 e. The molecular formula is C22H22N2O2. The lowest BCUT2D eigenvalue weighted by molar-refractivity contribution is 0.0950. The summed E-state index contributed by atoms with van der Waals surface area (Å²) in [7, 11) is 0. The van der Waals surface area contributed by atoms with Gasteiger partial charge < -0.3 is 4.74 Å². The number of carbonyl (C=O) groups excluding carboxylic acids is 1. The van der Waals surface area contributed by atoms with E-state index < -0.39 is 0 Å². The fraction of sp³-hybridized carbons (Fsp3) is 0.182. The lowest BCUT2D eigenvalue weighted by atomic mass is 10.0. The fourth-order valence-electron chi connectivity index (χ4n) is 2.67. The van der Waals surface area contributed by atoms with Crippen LogP contribution in [0.3, 0.4) is 0 Å². The number of para-hydroxylation sites is 1. The van der Waals surface area contributed by atoms with Crippen molar-refractivity contribution in [2.75, 3.05) is 6.61 Å². The van der Waals surface area contributed by atoms with Crippen molar-refractivity contribution in [1.29, 1.82) is 0 Å². The topological polar surface area (TPSA) is 50.7 Å². The largest absolute Gasteiger partial charge is 0.493 e. The zero-order chi connectivity index (χ0) is 18.4. The number of carbonyl (C=O) groups is 1. The van der Waals surface area contributed by atoms with E-state index >= 15 is 0 Å². The van der Waals surface area contributed by atoms with Gasteiger partial charge in [-0.3, -0.25) is 4.79 Å². The number of nitrogens with zero attached hydrogens (tertiary/aromatic N) is 1. The van der Waals surface area contributed by atoms with Gasteiger partial charge in [-0.1, -0.05) is 55.5 Å². The number of fused-ring (bicyclic) bond motifs is 1. The van der Waals surface area contributed by atoms with Crippen LogP contribution in [0.25, 0.3) is 10.8 Å². The van der Waals surface area contributed by atoms with Crippen LogP contribution in [0.15, 0.2) is 71.8 Å². The van der Waals surface area contributed by atoms with E-state index in [4.69, 9.17) is 4.74 Å². The summed E-state index contributed by atoms with van der Waals surface area (Å²) in [5.74, 6) is 0.294. The van der Waals surface area contributed by atoms with Crippen LogP contribution < -0.4 is 10.2 Å². The lowest BCUT2D eigenvalue weighted by Crippen LogP contribution is -2.20. The number of hydrazone groups is 1. The number of amides is 1. The molecule has 0 unspecified atom stereocenters. The van der Waals surface area contributed by atoms with Crippen molar-refractivity contribution in [3.05, 3.63) is 77.9 Å². The molecule has 3 rings (SSSR count). The van der Waals surface area contributed by atoms with Gasteiger partial charge in [-0.05, 0) is 47.9 Å². The zero-order valence-corrected chi connectivity index (χ0v) is 15.0. The first-order valence-corrected chi connectivity index (χ1v) is 8.74. The first-order chi connectivity index (χ1) is 12.7. The molecule has 0 saturated carbocycles. The Balaban J connectivity index is 1.77. The van der Waals surface area contributed by atoms with Crippen molar-refractivity contribution < 1.29 is 9.53 Å². The molecule has 0 heterocycles. The molecule has 0 spiro atoms. The van der Waals surface area contributed by atoms with Gasteiger partial charge >= 0.3 is 0 Å². The average molecular weight is 346 g/mol. The van der Waals surface area contributed by atoms with E-state index in [-0.39, 0.29) is 5.91 Å². The summed E-state index contributed by atoms with van der Waals surface area (Å²) in [5.41, 5.74) is 4.83. The Kier molecular flexibility index (Phi) is 5.64. The summed E-state index contributed by atoms with van der Waals surface area (Å²) >= 11 is 0. The van der Waals surface area contributed by atoms with Gasteiger partial charge in [0.25, 0.3) is 5.91 Å². The number of ether oxygens (including phenoxy) is 1. The molecule has 0 aromatic heterocycles. The smallest absolute Gasteiger partial charge is 0.275 e. The molecule has 1 amide bonds. The van der Waals surface area contributed by atoms with Crippen LogP contribution in [-0.4, -0.2) is 18.2 Å². The summed E-state index contributed by atoms with van der Waals surface area (Å²) in [6.07, 6.45) is 0.884. The molecule has 0 aliphatic carbocycles. The van der Waals surface area contributed by atoms with E-state index in [0.29, 0.717) is 17.9 Å². The van der Waals surface area contributed by atoms with Gasteiger partial charge in [0, 0.05) is 0 Å². The Morgan fingerprint density at radius 3 is 2.54 bits per heavy atom. The number of hydrogen-bond donors (Lipinski definition) is 1. The van der Waals surface area contributed by atoms with E-state index in [1.807, 2.05) is 44.2 Å². The van der Waals surface area contributed by atoms with Gasteiger partial charge in [0.2, 0.25) is 0 Å². The van der Waals surface area contributed by atoms with Gasteiger partial charge in [-0.25, -0.2) is 5.43 Å². The molecule has 1 N–H and O–H groups in total. The molecule has 3 aromatic rings. The van der Waals surface area contributed by atoms with Gasteiger partial charge in [0.1, 0.15) is 5.75 Å². The number of benzene rings is 3. The molecule has 0 bridgehead atoms. The van der Waals surface area contributed by atoms with Gasteiger partial charge in [-0.15, -0.1) is 0 Å². The number of rotatable bonds is 6. The van der Waals surface area contributed by atoms with Crippen molar-refractivity contribution in [3.8, 4) is 5.75 Å². The summed E-state index contributed by atoms with van der Waals surface area (Å²) < 4.78 is 5.64. The normalized spacial score (nSPS) is 11.4. The van der Waals surface area contributed by atoms with Gasteiger partial charge in [0.15, 0.2) is 0 Å². The minimum atomic E-state index is -0.281.